The Morgan fingerprint density at radius 3 is 2.15 bits per heavy atom. The Bertz CT molecular complexity index is 210. The zero-order valence-electron chi connectivity index (χ0n) is 7.41. The normalized spacial score (nSPS) is 10.4. The topological polar surface area (TPSA) is 74.6 Å². The largest absolute Gasteiger partial charge is 0.478 e. The van der Waals surface area contributed by atoms with E-state index in [1.54, 1.807) is 0 Å². The molecule has 2 N–H and O–H groups in total. The van der Waals surface area contributed by atoms with Crippen LogP contribution in [0.1, 0.15) is 26.2 Å². The molecule has 0 aliphatic heterocycles. The summed E-state index contributed by atoms with van der Waals surface area (Å²) in [5.41, 5.74) is -0.0376. The van der Waals surface area contributed by atoms with Crippen LogP contribution in [0.15, 0.2) is 11.6 Å². The minimum atomic E-state index is -1.21. The van der Waals surface area contributed by atoms with E-state index in [-0.39, 0.29) is 29.5 Å². The molecule has 0 aromatic carbocycles. The van der Waals surface area contributed by atoms with Gasteiger partial charge in [-0.2, -0.15) is 0 Å². The van der Waals surface area contributed by atoms with Crippen molar-refractivity contribution in [1.29, 1.82) is 0 Å². The van der Waals surface area contributed by atoms with E-state index >= 15 is 0 Å². The number of carbonyl (C=O) groups is 2. The first-order valence-corrected chi connectivity index (χ1v) is 3.74. The molecule has 0 aliphatic carbocycles. The number of carboxylic acid groups (broad SMARTS) is 2. The summed E-state index contributed by atoms with van der Waals surface area (Å²) < 4.78 is 0. The second-order valence-electron chi connectivity index (χ2n) is 2.42. The monoisotopic (exact) mass is 292 g/mol. The van der Waals surface area contributed by atoms with Crippen molar-refractivity contribution in [2.75, 3.05) is 0 Å². The van der Waals surface area contributed by atoms with Crippen LogP contribution in [0, 0.1) is 0 Å². The van der Waals surface area contributed by atoms with Gasteiger partial charge < -0.3 is 10.2 Å². The smallest absolute Gasteiger partial charge is 0.331 e. The molecular weight excluding hydrogens is 279 g/mol. The summed E-state index contributed by atoms with van der Waals surface area (Å²) in [5, 5.41) is 16.8. The third-order valence-electron chi connectivity index (χ3n) is 1.37. The number of unbranched alkanes of at least 4 members (excludes halogenated alkanes) is 1. The van der Waals surface area contributed by atoms with E-state index in [1.807, 2.05) is 6.92 Å². The Balaban J connectivity index is 0. The summed E-state index contributed by atoms with van der Waals surface area (Å²) in [7, 11) is 0. The van der Waals surface area contributed by atoms with Gasteiger partial charge >= 0.3 is 11.9 Å². The first-order chi connectivity index (χ1) is 5.57. The van der Waals surface area contributed by atoms with Crippen molar-refractivity contribution < 1.29 is 19.8 Å². The van der Waals surface area contributed by atoms with E-state index in [1.165, 1.54) is 0 Å². The molecule has 13 heavy (non-hydrogen) atoms. The van der Waals surface area contributed by atoms with Gasteiger partial charge in [0.15, 0.2) is 0 Å². The van der Waals surface area contributed by atoms with Crippen molar-refractivity contribution in [2.24, 2.45) is 0 Å². The zero-order valence-corrected chi connectivity index (χ0v) is 10.3. The average Bonchev–Trinajstić information content (AvgIpc) is 1.96. The summed E-state index contributed by atoms with van der Waals surface area (Å²) >= 11 is 0. The van der Waals surface area contributed by atoms with Crippen LogP contribution >= 0.6 is 0 Å². The van der Waals surface area contributed by atoms with Crippen LogP contribution < -0.4 is 0 Å². The number of hydrogen-bond acceptors (Lipinski definition) is 2. The molecule has 4 radical (unpaired) electrons. The fourth-order valence-electron chi connectivity index (χ4n) is 0.757. The van der Waals surface area contributed by atoms with Crippen LogP contribution in [0.5, 0.6) is 0 Å². The second kappa shape index (κ2) is 8.09. The molecule has 0 heterocycles. The van der Waals surface area contributed by atoms with E-state index in [0.29, 0.717) is 12.8 Å². The van der Waals surface area contributed by atoms with Gasteiger partial charge in [-0.05, 0) is 12.8 Å². The maximum Gasteiger partial charge on any atom is 0.331 e. The first kappa shape index (κ1) is 15.0. The minimum Gasteiger partial charge on any atom is -0.478 e. The van der Waals surface area contributed by atoms with Crippen molar-refractivity contribution >= 4 is 35.8 Å². The quantitative estimate of drug-likeness (QED) is 0.582. The molecule has 0 amide bonds. The molecule has 0 spiro atoms. The molecule has 0 rings (SSSR count). The summed E-state index contributed by atoms with van der Waals surface area (Å²) in [6.45, 7) is 1.92. The van der Waals surface area contributed by atoms with Crippen LogP contribution in [0.2, 0.25) is 0 Å². The number of aliphatic carboxylic acids is 2. The van der Waals surface area contributed by atoms with Gasteiger partial charge in [0.2, 0.25) is 0 Å². The Morgan fingerprint density at radius 2 is 1.85 bits per heavy atom. The average molecular weight is 291 g/mol. The Morgan fingerprint density at radius 1 is 1.31 bits per heavy atom. The van der Waals surface area contributed by atoms with E-state index in [2.05, 4.69) is 0 Å². The van der Waals surface area contributed by atoms with Gasteiger partial charge in [0.25, 0.3) is 0 Å². The van der Waals surface area contributed by atoms with Gasteiger partial charge in [0.1, 0.15) is 0 Å². The molecule has 0 aromatic rings. The minimum absolute atomic E-state index is 0. The molecular formula is C8H12O4Sn. The predicted octanol–water partition coefficient (Wildman–Crippen LogP) is 0.891. The molecule has 0 bridgehead atoms. The maximum atomic E-state index is 10.4. The Labute approximate surface area is 93.6 Å². The van der Waals surface area contributed by atoms with Crippen molar-refractivity contribution in [3.63, 3.8) is 0 Å². The molecule has 0 saturated heterocycles. The van der Waals surface area contributed by atoms with Gasteiger partial charge in [-0.3, -0.25) is 0 Å². The molecule has 0 saturated carbocycles. The van der Waals surface area contributed by atoms with E-state index in [4.69, 9.17) is 10.2 Å². The van der Waals surface area contributed by atoms with Crippen LogP contribution in [-0.4, -0.2) is 46.1 Å². The fourth-order valence-corrected chi connectivity index (χ4v) is 0.757. The summed E-state index contributed by atoms with van der Waals surface area (Å²) in [5.74, 6) is -2.35. The molecule has 0 aromatic heterocycles. The molecule has 0 unspecified atom stereocenters. The summed E-state index contributed by atoms with van der Waals surface area (Å²) in [6, 6.07) is 0. The van der Waals surface area contributed by atoms with Crippen molar-refractivity contribution in [3.8, 4) is 0 Å². The molecule has 0 aliphatic rings. The number of carboxylic acids is 2. The maximum absolute atomic E-state index is 10.4. The predicted molar refractivity (Wildman–Crippen MR) is 48.6 cm³/mol. The molecule has 5 heteroatoms. The van der Waals surface area contributed by atoms with Crippen molar-refractivity contribution in [2.45, 2.75) is 26.2 Å². The van der Waals surface area contributed by atoms with Crippen LogP contribution in [0.3, 0.4) is 0 Å². The van der Waals surface area contributed by atoms with Gasteiger partial charge in [-0.25, -0.2) is 9.59 Å². The SMILES string of the molecule is CCCC/C(=C/C(=O)O)C(=O)O.[Sn]. The number of hydrogen-bond donors (Lipinski definition) is 2. The third kappa shape index (κ3) is 7.83. The van der Waals surface area contributed by atoms with E-state index < -0.39 is 11.9 Å². The Kier molecular flexibility index (Phi) is 9.32. The molecule has 72 valence electrons. The van der Waals surface area contributed by atoms with Gasteiger partial charge in [-0.15, -0.1) is 0 Å². The number of rotatable bonds is 5. The molecule has 4 nitrogen and oxygen atoms in total. The first-order valence-electron chi connectivity index (χ1n) is 3.74. The van der Waals surface area contributed by atoms with E-state index in [0.717, 1.165) is 12.5 Å². The summed E-state index contributed by atoms with van der Waals surface area (Å²) in [6.07, 6.45) is 2.62. The molecule has 0 atom stereocenters. The van der Waals surface area contributed by atoms with Crippen molar-refractivity contribution in [3.05, 3.63) is 11.6 Å². The van der Waals surface area contributed by atoms with Gasteiger partial charge in [-0.1, -0.05) is 13.3 Å². The van der Waals surface area contributed by atoms with Crippen molar-refractivity contribution in [1.82, 2.24) is 0 Å². The Hall–Kier alpha value is -0.521. The second-order valence-corrected chi connectivity index (χ2v) is 2.42. The van der Waals surface area contributed by atoms with E-state index in [9.17, 15) is 9.59 Å². The molecule has 0 fully saturated rings. The van der Waals surface area contributed by atoms with Crippen LogP contribution in [0.4, 0.5) is 0 Å². The standard InChI is InChI=1S/C8H12O4.Sn/c1-2-3-4-6(8(11)12)5-7(9)10;/h5H,2-4H2,1H3,(H,9,10)(H,11,12);/b6-5-;. The summed E-state index contributed by atoms with van der Waals surface area (Å²) in [4.78, 5) is 20.5. The fraction of sp³-hybridized carbons (Fsp3) is 0.500. The zero-order chi connectivity index (χ0) is 9.56. The van der Waals surface area contributed by atoms with Crippen LogP contribution in [-0.2, 0) is 9.59 Å². The van der Waals surface area contributed by atoms with Gasteiger partial charge in [0, 0.05) is 35.6 Å². The van der Waals surface area contributed by atoms with Crippen LogP contribution in [0.25, 0.3) is 0 Å². The van der Waals surface area contributed by atoms with Gasteiger partial charge in [0.05, 0.1) is 0 Å². The third-order valence-corrected chi connectivity index (χ3v) is 1.37.